The average Bonchev–Trinajstić information content (AvgIpc) is 2.70. The normalized spacial score (nSPS) is 13.1. The zero-order chi connectivity index (χ0) is 10.1. The molecule has 1 atom stereocenters. The summed E-state index contributed by atoms with van der Waals surface area (Å²) >= 11 is 8.76. The van der Waals surface area contributed by atoms with Crippen molar-refractivity contribution in [2.75, 3.05) is 0 Å². The van der Waals surface area contributed by atoms with E-state index in [4.69, 9.17) is 17.3 Å². The van der Waals surface area contributed by atoms with Crippen molar-refractivity contribution in [3.05, 3.63) is 21.6 Å². The first-order valence-electron chi connectivity index (χ1n) is 3.99. The van der Waals surface area contributed by atoms with Crippen molar-refractivity contribution < 1.29 is 0 Å². The van der Waals surface area contributed by atoms with Crippen LogP contribution in [0, 0.1) is 0 Å². The van der Waals surface area contributed by atoms with Crippen molar-refractivity contribution in [3.63, 3.8) is 0 Å². The summed E-state index contributed by atoms with van der Waals surface area (Å²) in [5.74, 6) is 0. The SMILES string of the molecule is CC(N)c1csc(-c2ncc(Cl)s2)n1. The molecule has 0 aliphatic carbocycles. The maximum absolute atomic E-state index is 5.79. The van der Waals surface area contributed by atoms with Crippen molar-refractivity contribution in [1.82, 2.24) is 9.97 Å². The van der Waals surface area contributed by atoms with Crippen molar-refractivity contribution >= 4 is 34.3 Å². The summed E-state index contributed by atoms with van der Waals surface area (Å²) in [6.07, 6.45) is 1.63. The van der Waals surface area contributed by atoms with Gasteiger partial charge in [0.2, 0.25) is 0 Å². The molecule has 6 heteroatoms. The van der Waals surface area contributed by atoms with Gasteiger partial charge >= 0.3 is 0 Å². The van der Waals surface area contributed by atoms with Crippen LogP contribution >= 0.6 is 34.3 Å². The molecule has 0 aromatic carbocycles. The van der Waals surface area contributed by atoms with Crippen molar-refractivity contribution in [2.45, 2.75) is 13.0 Å². The predicted octanol–water partition coefficient (Wildman–Crippen LogP) is 2.94. The van der Waals surface area contributed by atoms with Gasteiger partial charge in [-0.25, -0.2) is 9.97 Å². The first kappa shape index (κ1) is 10.0. The fourth-order valence-electron chi connectivity index (χ4n) is 0.947. The number of aromatic nitrogens is 2. The first-order valence-corrected chi connectivity index (χ1v) is 6.07. The van der Waals surface area contributed by atoms with Gasteiger partial charge in [-0.2, -0.15) is 0 Å². The van der Waals surface area contributed by atoms with Gasteiger partial charge in [0.1, 0.15) is 4.34 Å². The number of hydrogen-bond acceptors (Lipinski definition) is 5. The largest absolute Gasteiger partial charge is 0.323 e. The summed E-state index contributed by atoms with van der Waals surface area (Å²) in [6, 6.07) is -0.0320. The third-order valence-corrected chi connectivity index (χ3v) is 3.77. The van der Waals surface area contributed by atoms with E-state index in [1.807, 2.05) is 12.3 Å². The van der Waals surface area contributed by atoms with Gasteiger partial charge in [-0.15, -0.1) is 11.3 Å². The molecular formula is C8H8ClN3S2. The third kappa shape index (κ3) is 1.95. The lowest BCUT2D eigenvalue weighted by Crippen LogP contribution is -2.04. The lowest BCUT2D eigenvalue weighted by atomic mass is 10.3. The van der Waals surface area contributed by atoms with Crippen molar-refractivity contribution in [1.29, 1.82) is 0 Å². The fraction of sp³-hybridized carbons (Fsp3) is 0.250. The van der Waals surface area contributed by atoms with Crippen LogP contribution < -0.4 is 5.73 Å². The maximum Gasteiger partial charge on any atom is 0.153 e. The molecule has 2 heterocycles. The van der Waals surface area contributed by atoms with Crippen LogP contribution in [0.4, 0.5) is 0 Å². The minimum Gasteiger partial charge on any atom is -0.323 e. The van der Waals surface area contributed by atoms with Crippen molar-refractivity contribution in [3.8, 4) is 10.0 Å². The summed E-state index contributed by atoms with van der Waals surface area (Å²) in [4.78, 5) is 8.53. The van der Waals surface area contributed by atoms with E-state index >= 15 is 0 Å². The minimum absolute atomic E-state index is 0.0320. The summed E-state index contributed by atoms with van der Waals surface area (Å²) in [5.41, 5.74) is 6.61. The Labute approximate surface area is 94.6 Å². The summed E-state index contributed by atoms with van der Waals surface area (Å²) in [5, 5.41) is 3.69. The molecule has 14 heavy (non-hydrogen) atoms. The Morgan fingerprint density at radius 2 is 2.29 bits per heavy atom. The lowest BCUT2D eigenvalue weighted by Gasteiger charge is -1.96. The van der Waals surface area contributed by atoms with E-state index in [0.29, 0.717) is 4.34 Å². The van der Waals surface area contributed by atoms with Crippen LogP contribution in [0.2, 0.25) is 4.34 Å². The van der Waals surface area contributed by atoms with E-state index in [1.54, 1.807) is 17.5 Å². The Balaban J connectivity index is 2.33. The molecule has 0 saturated heterocycles. The molecule has 1 unspecified atom stereocenters. The monoisotopic (exact) mass is 245 g/mol. The van der Waals surface area contributed by atoms with Crippen molar-refractivity contribution in [2.24, 2.45) is 5.73 Å². The number of hydrogen-bond donors (Lipinski definition) is 1. The zero-order valence-corrected chi connectivity index (χ0v) is 9.79. The van der Waals surface area contributed by atoms with E-state index in [-0.39, 0.29) is 6.04 Å². The molecule has 0 aliphatic heterocycles. The molecule has 0 amide bonds. The highest BCUT2D eigenvalue weighted by Gasteiger charge is 2.10. The molecule has 2 aromatic heterocycles. The van der Waals surface area contributed by atoms with E-state index in [9.17, 15) is 0 Å². The van der Waals surface area contributed by atoms with Gasteiger partial charge in [-0.1, -0.05) is 22.9 Å². The molecule has 2 N–H and O–H groups in total. The topological polar surface area (TPSA) is 51.8 Å². The highest BCUT2D eigenvalue weighted by atomic mass is 35.5. The van der Waals surface area contributed by atoms with Gasteiger partial charge in [0.05, 0.1) is 11.9 Å². The smallest absolute Gasteiger partial charge is 0.153 e. The van der Waals surface area contributed by atoms with Crippen LogP contribution in [0.5, 0.6) is 0 Å². The standard InChI is InChI=1S/C8H8ClN3S2/c1-4(10)5-3-13-8(12-5)7-11-2-6(9)14-7/h2-4H,10H2,1H3. The second-order valence-corrected chi connectivity index (χ2v) is 5.36. The van der Waals surface area contributed by atoms with E-state index in [2.05, 4.69) is 9.97 Å². The van der Waals surface area contributed by atoms with Gasteiger partial charge in [0.15, 0.2) is 10.0 Å². The number of nitrogens with zero attached hydrogens (tertiary/aromatic N) is 2. The number of thiazole rings is 2. The fourth-order valence-corrected chi connectivity index (χ4v) is 2.82. The Morgan fingerprint density at radius 1 is 1.50 bits per heavy atom. The Kier molecular flexibility index (Phi) is 2.83. The van der Waals surface area contributed by atoms with Crippen LogP contribution in [-0.4, -0.2) is 9.97 Å². The van der Waals surface area contributed by atoms with Gasteiger partial charge < -0.3 is 5.73 Å². The highest BCUT2D eigenvalue weighted by Crippen LogP contribution is 2.31. The predicted molar refractivity (Wildman–Crippen MR) is 60.8 cm³/mol. The molecule has 0 aliphatic rings. The number of halogens is 1. The lowest BCUT2D eigenvalue weighted by molar-refractivity contribution is 0.790. The Bertz CT molecular complexity index is 435. The van der Waals surface area contributed by atoms with E-state index in [1.165, 1.54) is 11.3 Å². The van der Waals surface area contributed by atoms with Crippen LogP contribution in [-0.2, 0) is 0 Å². The highest BCUT2D eigenvalue weighted by molar-refractivity contribution is 7.22. The van der Waals surface area contributed by atoms with Gasteiger partial charge in [-0.05, 0) is 6.92 Å². The quantitative estimate of drug-likeness (QED) is 0.885. The Morgan fingerprint density at radius 3 is 2.79 bits per heavy atom. The molecule has 0 bridgehead atoms. The summed E-state index contributed by atoms with van der Waals surface area (Å²) in [6.45, 7) is 1.91. The number of rotatable bonds is 2. The van der Waals surface area contributed by atoms with Crippen LogP contribution in [0.25, 0.3) is 10.0 Å². The van der Waals surface area contributed by atoms with Gasteiger partial charge in [0, 0.05) is 11.4 Å². The maximum atomic E-state index is 5.79. The molecule has 0 saturated carbocycles. The second-order valence-electron chi connectivity index (χ2n) is 2.84. The Hall–Kier alpha value is -0.490. The molecule has 0 fully saturated rings. The average molecular weight is 246 g/mol. The van der Waals surface area contributed by atoms with E-state index < -0.39 is 0 Å². The molecule has 74 valence electrons. The summed E-state index contributed by atoms with van der Waals surface area (Å²) in [7, 11) is 0. The molecular weight excluding hydrogens is 238 g/mol. The number of nitrogens with two attached hydrogens (primary N) is 1. The van der Waals surface area contributed by atoms with Crippen LogP contribution in [0.1, 0.15) is 18.7 Å². The minimum atomic E-state index is -0.0320. The van der Waals surface area contributed by atoms with E-state index in [0.717, 1.165) is 15.7 Å². The molecule has 0 radical (unpaired) electrons. The van der Waals surface area contributed by atoms with Crippen LogP contribution in [0.3, 0.4) is 0 Å². The molecule has 2 rings (SSSR count). The first-order chi connectivity index (χ1) is 6.66. The zero-order valence-electron chi connectivity index (χ0n) is 7.40. The van der Waals surface area contributed by atoms with Gasteiger partial charge in [-0.3, -0.25) is 0 Å². The third-order valence-electron chi connectivity index (χ3n) is 1.65. The summed E-state index contributed by atoms with van der Waals surface area (Å²) < 4.78 is 0.678. The molecule has 0 spiro atoms. The second kappa shape index (κ2) is 3.94. The molecule has 3 nitrogen and oxygen atoms in total. The van der Waals surface area contributed by atoms with Gasteiger partial charge in [0.25, 0.3) is 0 Å². The molecule has 2 aromatic rings. The van der Waals surface area contributed by atoms with Crippen LogP contribution in [0.15, 0.2) is 11.6 Å².